The van der Waals surface area contributed by atoms with Crippen LogP contribution in [0.4, 0.5) is 5.69 Å². The van der Waals surface area contributed by atoms with Crippen molar-refractivity contribution < 1.29 is 9.66 Å². The molecule has 1 rings (SSSR count). The van der Waals surface area contributed by atoms with Crippen molar-refractivity contribution in [3.8, 4) is 5.75 Å². The lowest BCUT2D eigenvalue weighted by Crippen LogP contribution is -2.25. The van der Waals surface area contributed by atoms with Crippen molar-refractivity contribution >= 4 is 5.69 Å². The number of nitrogens with two attached hydrogens (primary N) is 1. The van der Waals surface area contributed by atoms with Crippen LogP contribution in [0, 0.1) is 15.5 Å². The van der Waals surface area contributed by atoms with Crippen LogP contribution >= 0.6 is 0 Å². The van der Waals surface area contributed by atoms with Crippen LogP contribution in [0.5, 0.6) is 5.75 Å². The molecule has 0 aliphatic carbocycles. The Hall–Kier alpha value is -1.62. The van der Waals surface area contributed by atoms with Gasteiger partial charge in [-0.2, -0.15) is 0 Å². The summed E-state index contributed by atoms with van der Waals surface area (Å²) in [5, 5.41) is 10.7. The first-order chi connectivity index (χ1) is 7.89. The van der Waals surface area contributed by atoms with E-state index in [4.69, 9.17) is 10.5 Å². The third-order valence-electron chi connectivity index (χ3n) is 2.68. The summed E-state index contributed by atoms with van der Waals surface area (Å²) >= 11 is 0. The summed E-state index contributed by atoms with van der Waals surface area (Å²) < 4.78 is 5.02. The second kappa shape index (κ2) is 5.14. The van der Waals surface area contributed by atoms with Gasteiger partial charge in [-0.25, -0.2) is 0 Å². The van der Waals surface area contributed by atoms with E-state index in [0.29, 0.717) is 12.3 Å². The van der Waals surface area contributed by atoms with Crippen LogP contribution in [0.25, 0.3) is 0 Å². The normalized spacial score (nSPS) is 11.3. The van der Waals surface area contributed by atoms with E-state index in [1.807, 2.05) is 0 Å². The second-order valence-electron chi connectivity index (χ2n) is 4.81. The van der Waals surface area contributed by atoms with Gasteiger partial charge in [-0.3, -0.25) is 10.1 Å². The molecule has 5 heteroatoms. The molecule has 0 radical (unpaired) electrons. The van der Waals surface area contributed by atoms with Crippen LogP contribution < -0.4 is 10.5 Å². The minimum absolute atomic E-state index is 0.0122. The summed E-state index contributed by atoms with van der Waals surface area (Å²) in [5.41, 5.74) is 6.61. The fourth-order valence-electron chi connectivity index (χ4n) is 1.61. The molecule has 0 saturated carbocycles. The molecule has 0 saturated heterocycles. The number of benzene rings is 1. The number of ether oxygens (including phenoxy) is 1. The summed E-state index contributed by atoms with van der Waals surface area (Å²) in [7, 11) is 1.43. The van der Waals surface area contributed by atoms with Crippen LogP contribution in [0.3, 0.4) is 0 Å². The lowest BCUT2D eigenvalue weighted by atomic mass is 9.86. The van der Waals surface area contributed by atoms with E-state index in [2.05, 4.69) is 13.8 Å². The van der Waals surface area contributed by atoms with Gasteiger partial charge in [-0.15, -0.1) is 0 Å². The summed E-state index contributed by atoms with van der Waals surface area (Å²) in [5.74, 6) is 0.292. The van der Waals surface area contributed by atoms with E-state index in [1.54, 1.807) is 12.1 Å². The van der Waals surface area contributed by atoms with Gasteiger partial charge in [0.2, 0.25) is 0 Å². The molecular formula is C12H18N2O3. The number of rotatable bonds is 5. The van der Waals surface area contributed by atoms with Crippen LogP contribution in [0.2, 0.25) is 0 Å². The van der Waals surface area contributed by atoms with Gasteiger partial charge in [0, 0.05) is 6.07 Å². The predicted octanol–water partition coefficient (Wildman–Crippen LogP) is 2.13. The standard InChI is InChI=1S/C12H18N2O3/c1-12(2,8-13)7-9-4-5-10(14(15)16)11(6-9)17-3/h4-6H,7-8,13H2,1-3H3. The molecule has 0 amide bonds. The molecule has 1 aromatic carbocycles. The molecule has 94 valence electrons. The number of hydrogen-bond donors (Lipinski definition) is 1. The highest BCUT2D eigenvalue weighted by Crippen LogP contribution is 2.30. The fourth-order valence-corrected chi connectivity index (χ4v) is 1.61. The Morgan fingerprint density at radius 3 is 2.59 bits per heavy atom. The Labute approximate surface area is 101 Å². The first-order valence-electron chi connectivity index (χ1n) is 5.41. The summed E-state index contributed by atoms with van der Waals surface area (Å²) in [6, 6.07) is 4.92. The monoisotopic (exact) mass is 238 g/mol. The average molecular weight is 238 g/mol. The van der Waals surface area contributed by atoms with Crippen LogP contribution in [0.1, 0.15) is 19.4 Å². The summed E-state index contributed by atoms with van der Waals surface area (Å²) in [4.78, 5) is 10.3. The van der Waals surface area contributed by atoms with Crippen molar-refractivity contribution in [1.29, 1.82) is 0 Å². The zero-order chi connectivity index (χ0) is 13.1. The number of nitrogens with zero attached hydrogens (tertiary/aromatic N) is 1. The van der Waals surface area contributed by atoms with Gasteiger partial charge in [0.15, 0.2) is 5.75 Å². The Morgan fingerprint density at radius 1 is 1.47 bits per heavy atom. The van der Waals surface area contributed by atoms with Gasteiger partial charge in [0.25, 0.3) is 0 Å². The maximum Gasteiger partial charge on any atom is 0.310 e. The zero-order valence-corrected chi connectivity index (χ0v) is 10.4. The van der Waals surface area contributed by atoms with Gasteiger partial charge >= 0.3 is 5.69 Å². The highest BCUT2D eigenvalue weighted by molar-refractivity contribution is 5.48. The number of nitro groups is 1. The highest BCUT2D eigenvalue weighted by Gasteiger charge is 2.19. The topological polar surface area (TPSA) is 78.4 Å². The Balaban J connectivity index is 3.02. The molecule has 0 aliphatic heterocycles. The molecular weight excluding hydrogens is 220 g/mol. The van der Waals surface area contributed by atoms with E-state index < -0.39 is 4.92 Å². The Bertz CT molecular complexity index is 416. The summed E-state index contributed by atoms with van der Waals surface area (Å²) in [6.07, 6.45) is 0.762. The number of hydrogen-bond acceptors (Lipinski definition) is 4. The molecule has 0 bridgehead atoms. The Kier molecular flexibility index (Phi) is 4.07. The van der Waals surface area contributed by atoms with E-state index in [-0.39, 0.29) is 11.1 Å². The highest BCUT2D eigenvalue weighted by atomic mass is 16.6. The van der Waals surface area contributed by atoms with Gasteiger partial charge < -0.3 is 10.5 Å². The van der Waals surface area contributed by atoms with E-state index >= 15 is 0 Å². The first-order valence-corrected chi connectivity index (χ1v) is 5.41. The molecule has 1 aromatic rings. The van der Waals surface area contributed by atoms with Crippen LogP contribution in [0.15, 0.2) is 18.2 Å². The summed E-state index contributed by atoms with van der Waals surface area (Å²) in [6.45, 7) is 4.67. The zero-order valence-electron chi connectivity index (χ0n) is 10.4. The van der Waals surface area contributed by atoms with E-state index in [0.717, 1.165) is 12.0 Å². The van der Waals surface area contributed by atoms with Crippen molar-refractivity contribution in [2.24, 2.45) is 11.1 Å². The van der Waals surface area contributed by atoms with Crippen molar-refractivity contribution in [1.82, 2.24) is 0 Å². The average Bonchev–Trinajstić information content (AvgIpc) is 2.28. The molecule has 0 atom stereocenters. The SMILES string of the molecule is COc1cc(CC(C)(C)CN)ccc1[N+](=O)[O-]. The largest absolute Gasteiger partial charge is 0.490 e. The van der Waals surface area contributed by atoms with Gasteiger partial charge in [-0.05, 0) is 30.0 Å². The van der Waals surface area contributed by atoms with E-state index in [1.165, 1.54) is 13.2 Å². The van der Waals surface area contributed by atoms with Crippen LogP contribution in [-0.4, -0.2) is 18.6 Å². The van der Waals surface area contributed by atoms with Crippen molar-refractivity contribution in [3.05, 3.63) is 33.9 Å². The van der Waals surface area contributed by atoms with Crippen molar-refractivity contribution in [3.63, 3.8) is 0 Å². The minimum Gasteiger partial charge on any atom is -0.490 e. The quantitative estimate of drug-likeness (QED) is 0.629. The van der Waals surface area contributed by atoms with Gasteiger partial charge in [0.05, 0.1) is 12.0 Å². The third kappa shape index (κ3) is 3.42. The number of methoxy groups -OCH3 is 1. The molecule has 0 aromatic heterocycles. The number of nitro benzene ring substituents is 1. The second-order valence-corrected chi connectivity index (χ2v) is 4.81. The van der Waals surface area contributed by atoms with Crippen molar-refractivity contribution in [2.75, 3.05) is 13.7 Å². The lowest BCUT2D eigenvalue weighted by molar-refractivity contribution is -0.385. The van der Waals surface area contributed by atoms with Gasteiger partial charge in [-0.1, -0.05) is 19.9 Å². The van der Waals surface area contributed by atoms with Crippen molar-refractivity contribution in [2.45, 2.75) is 20.3 Å². The van der Waals surface area contributed by atoms with E-state index in [9.17, 15) is 10.1 Å². The Morgan fingerprint density at radius 2 is 2.12 bits per heavy atom. The predicted molar refractivity (Wildman–Crippen MR) is 66.2 cm³/mol. The molecule has 17 heavy (non-hydrogen) atoms. The maximum atomic E-state index is 10.7. The molecule has 0 fully saturated rings. The lowest BCUT2D eigenvalue weighted by Gasteiger charge is -2.22. The molecule has 0 heterocycles. The minimum atomic E-state index is -0.448. The molecule has 0 aliphatic rings. The fraction of sp³-hybridized carbons (Fsp3) is 0.500. The molecule has 2 N–H and O–H groups in total. The molecule has 5 nitrogen and oxygen atoms in total. The maximum absolute atomic E-state index is 10.7. The smallest absolute Gasteiger partial charge is 0.310 e. The molecule has 0 unspecified atom stereocenters. The molecule has 0 spiro atoms. The first kappa shape index (κ1) is 13.4. The third-order valence-corrected chi connectivity index (χ3v) is 2.68. The van der Waals surface area contributed by atoms with Gasteiger partial charge in [0.1, 0.15) is 0 Å². The van der Waals surface area contributed by atoms with Crippen LogP contribution in [-0.2, 0) is 6.42 Å².